The third-order valence-corrected chi connectivity index (χ3v) is 6.87. The molecule has 0 spiro atoms. The second-order valence-electron chi connectivity index (χ2n) is 7.07. The fraction of sp³-hybridized carbons (Fsp3) is 0.381. The maximum absolute atomic E-state index is 12.6. The summed E-state index contributed by atoms with van der Waals surface area (Å²) in [7, 11) is -3.26. The highest BCUT2D eigenvalue weighted by Gasteiger charge is 2.31. The first-order chi connectivity index (χ1) is 13.5. The van der Waals surface area contributed by atoms with Gasteiger partial charge in [0, 0.05) is 30.2 Å². The maximum atomic E-state index is 12.6. The molecule has 1 aliphatic heterocycles. The van der Waals surface area contributed by atoms with Crippen LogP contribution in [0, 0.1) is 5.92 Å². The summed E-state index contributed by atoms with van der Waals surface area (Å²) >= 11 is 0. The quantitative estimate of drug-likeness (QED) is 0.739. The van der Waals surface area contributed by atoms with E-state index >= 15 is 0 Å². The number of para-hydroxylation sites is 1. The lowest BCUT2D eigenvalue weighted by atomic mass is 9.98. The zero-order valence-electron chi connectivity index (χ0n) is 16.1. The zero-order chi connectivity index (χ0) is 20.0. The summed E-state index contributed by atoms with van der Waals surface area (Å²) in [5.74, 6) is -0.306. The van der Waals surface area contributed by atoms with Crippen molar-refractivity contribution in [2.45, 2.75) is 26.2 Å². The van der Waals surface area contributed by atoms with Gasteiger partial charge in [-0.2, -0.15) is 0 Å². The van der Waals surface area contributed by atoms with Gasteiger partial charge in [-0.25, -0.2) is 12.7 Å². The molecule has 7 heteroatoms. The summed E-state index contributed by atoms with van der Waals surface area (Å²) in [6.45, 7) is 2.62. The van der Waals surface area contributed by atoms with Gasteiger partial charge >= 0.3 is 0 Å². The highest BCUT2D eigenvalue weighted by Crippen LogP contribution is 2.23. The molecule has 1 aliphatic rings. The number of nitrogens with one attached hydrogen (secondary N) is 2. The fourth-order valence-corrected chi connectivity index (χ4v) is 4.95. The minimum Gasteiger partial charge on any atom is -0.356 e. The van der Waals surface area contributed by atoms with Crippen LogP contribution >= 0.6 is 0 Å². The van der Waals surface area contributed by atoms with Gasteiger partial charge in [0.2, 0.25) is 15.9 Å². The molecule has 3 rings (SSSR count). The first-order valence-electron chi connectivity index (χ1n) is 9.69. The minimum absolute atomic E-state index is 0.125. The van der Waals surface area contributed by atoms with Gasteiger partial charge < -0.3 is 10.6 Å². The highest BCUT2D eigenvalue weighted by molar-refractivity contribution is 7.89. The van der Waals surface area contributed by atoms with E-state index in [0.29, 0.717) is 31.5 Å². The van der Waals surface area contributed by atoms with Gasteiger partial charge in [0.15, 0.2) is 0 Å². The van der Waals surface area contributed by atoms with E-state index in [1.54, 1.807) is 0 Å². The lowest BCUT2D eigenvalue weighted by molar-refractivity contribution is -0.120. The van der Waals surface area contributed by atoms with Crippen molar-refractivity contribution >= 4 is 33.0 Å². The van der Waals surface area contributed by atoms with E-state index in [1.807, 2.05) is 61.5 Å². The summed E-state index contributed by atoms with van der Waals surface area (Å²) in [4.78, 5) is 12.6. The smallest absolute Gasteiger partial charge is 0.228 e. The predicted octanol–water partition coefficient (Wildman–Crippen LogP) is 3.82. The number of carbonyl (C=O) groups is 1. The van der Waals surface area contributed by atoms with Crippen molar-refractivity contribution in [3.05, 3.63) is 54.6 Å². The SMILES string of the molecule is CCCS(=O)(=O)N1CCCC(C(=O)Nc2ccc(Nc3ccccc3)cc2)C1. The number of anilines is 3. The largest absolute Gasteiger partial charge is 0.356 e. The van der Waals surface area contributed by atoms with E-state index in [-0.39, 0.29) is 24.1 Å². The van der Waals surface area contributed by atoms with Gasteiger partial charge in [-0.3, -0.25) is 4.79 Å². The summed E-state index contributed by atoms with van der Waals surface area (Å²) in [5.41, 5.74) is 2.63. The number of nitrogens with zero attached hydrogens (tertiary/aromatic N) is 1. The molecule has 0 bridgehead atoms. The Hall–Kier alpha value is -2.38. The van der Waals surface area contributed by atoms with Crippen LogP contribution in [0.3, 0.4) is 0 Å². The van der Waals surface area contributed by atoms with Crippen LogP contribution in [0.1, 0.15) is 26.2 Å². The molecule has 2 aromatic carbocycles. The summed E-state index contributed by atoms with van der Waals surface area (Å²) in [6, 6.07) is 17.4. The molecule has 1 amide bonds. The van der Waals surface area contributed by atoms with Crippen LogP contribution in [0.2, 0.25) is 0 Å². The fourth-order valence-electron chi connectivity index (χ4n) is 3.37. The highest BCUT2D eigenvalue weighted by atomic mass is 32.2. The van der Waals surface area contributed by atoms with E-state index in [4.69, 9.17) is 0 Å². The second kappa shape index (κ2) is 9.21. The number of piperidine rings is 1. The van der Waals surface area contributed by atoms with Gasteiger partial charge in [-0.15, -0.1) is 0 Å². The number of rotatable bonds is 7. The number of amides is 1. The molecule has 28 heavy (non-hydrogen) atoms. The lowest BCUT2D eigenvalue weighted by Crippen LogP contribution is -2.44. The van der Waals surface area contributed by atoms with Crippen LogP contribution in [0.4, 0.5) is 17.1 Å². The molecule has 2 aromatic rings. The molecular formula is C21H27N3O3S. The Morgan fingerprint density at radius 1 is 1.04 bits per heavy atom. The summed E-state index contributed by atoms with van der Waals surface area (Å²) in [5, 5.41) is 6.21. The molecule has 0 aromatic heterocycles. The maximum Gasteiger partial charge on any atom is 0.228 e. The Bertz CT molecular complexity index is 883. The molecule has 1 unspecified atom stereocenters. The van der Waals surface area contributed by atoms with Crippen molar-refractivity contribution in [1.29, 1.82) is 0 Å². The average molecular weight is 402 g/mol. The van der Waals surface area contributed by atoms with Crippen molar-refractivity contribution in [2.75, 3.05) is 29.5 Å². The van der Waals surface area contributed by atoms with Crippen molar-refractivity contribution in [3.63, 3.8) is 0 Å². The van der Waals surface area contributed by atoms with Crippen molar-refractivity contribution in [1.82, 2.24) is 4.31 Å². The van der Waals surface area contributed by atoms with Crippen LogP contribution in [-0.4, -0.2) is 37.5 Å². The number of carbonyl (C=O) groups excluding carboxylic acids is 1. The Balaban J connectivity index is 1.58. The molecule has 1 saturated heterocycles. The first-order valence-corrected chi connectivity index (χ1v) is 11.3. The van der Waals surface area contributed by atoms with Gasteiger partial charge in [-0.1, -0.05) is 25.1 Å². The predicted molar refractivity (Wildman–Crippen MR) is 113 cm³/mol. The monoisotopic (exact) mass is 401 g/mol. The van der Waals surface area contributed by atoms with Crippen molar-refractivity contribution < 1.29 is 13.2 Å². The Kier molecular flexibility index (Phi) is 6.70. The average Bonchev–Trinajstić information content (AvgIpc) is 2.70. The molecule has 0 radical (unpaired) electrons. The second-order valence-corrected chi connectivity index (χ2v) is 9.16. The number of benzene rings is 2. The van der Waals surface area contributed by atoms with Crippen LogP contribution in [-0.2, 0) is 14.8 Å². The molecule has 2 N–H and O–H groups in total. The summed E-state index contributed by atoms with van der Waals surface area (Å²) < 4.78 is 26.0. The van der Waals surface area contributed by atoms with Crippen molar-refractivity contribution in [3.8, 4) is 0 Å². The molecular weight excluding hydrogens is 374 g/mol. The third-order valence-electron chi connectivity index (χ3n) is 4.83. The van der Waals surface area contributed by atoms with E-state index < -0.39 is 10.0 Å². The molecule has 1 fully saturated rings. The van der Waals surface area contributed by atoms with Crippen LogP contribution in [0.25, 0.3) is 0 Å². The minimum atomic E-state index is -3.26. The number of hydrogen-bond donors (Lipinski definition) is 2. The molecule has 0 aliphatic carbocycles. The van der Waals surface area contributed by atoms with E-state index in [0.717, 1.165) is 11.4 Å². The first kappa shape index (κ1) is 20.4. The topological polar surface area (TPSA) is 78.5 Å². The Morgan fingerprint density at radius 2 is 1.68 bits per heavy atom. The van der Waals surface area contributed by atoms with E-state index in [2.05, 4.69) is 10.6 Å². The lowest BCUT2D eigenvalue weighted by Gasteiger charge is -2.31. The Morgan fingerprint density at radius 3 is 2.36 bits per heavy atom. The van der Waals surface area contributed by atoms with Gasteiger partial charge in [0.05, 0.1) is 11.7 Å². The summed E-state index contributed by atoms with van der Waals surface area (Å²) in [6.07, 6.45) is 2.00. The number of hydrogen-bond acceptors (Lipinski definition) is 4. The molecule has 150 valence electrons. The van der Waals surface area contributed by atoms with E-state index in [1.165, 1.54) is 4.31 Å². The van der Waals surface area contributed by atoms with Crippen LogP contribution in [0.15, 0.2) is 54.6 Å². The molecule has 0 saturated carbocycles. The van der Waals surface area contributed by atoms with Gasteiger partial charge in [-0.05, 0) is 55.7 Å². The van der Waals surface area contributed by atoms with Gasteiger partial charge in [0.25, 0.3) is 0 Å². The molecule has 1 heterocycles. The molecule has 6 nitrogen and oxygen atoms in total. The Labute approximate surface area is 167 Å². The van der Waals surface area contributed by atoms with Crippen molar-refractivity contribution in [2.24, 2.45) is 5.92 Å². The number of sulfonamides is 1. The normalized spacial score (nSPS) is 17.8. The third kappa shape index (κ3) is 5.33. The van der Waals surface area contributed by atoms with Gasteiger partial charge in [0.1, 0.15) is 0 Å². The molecule has 1 atom stereocenters. The van der Waals surface area contributed by atoms with Crippen LogP contribution < -0.4 is 10.6 Å². The van der Waals surface area contributed by atoms with E-state index in [9.17, 15) is 13.2 Å². The zero-order valence-corrected chi connectivity index (χ0v) is 16.9. The van der Waals surface area contributed by atoms with Crippen LogP contribution in [0.5, 0.6) is 0 Å². The standard InChI is InChI=1S/C21H27N3O3S/c1-2-15-28(26,27)24-14-6-7-17(16-24)21(25)23-20-12-10-19(11-13-20)22-18-8-4-3-5-9-18/h3-5,8-13,17,22H,2,6-7,14-16H2,1H3,(H,23,25).